The number of primary amides is 1. The molecule has 5 rings (SSSR count). The van der Waals surface area contributed by atoms with Crippen molar-refractivity contribution < 1.29 is 23.9 Å². The average Bonchev–Trinajstić information content (AvgIpc) is 3.18. The van der Waals surface area contributed by atoms with Crippen LogP contribution in [0.3, 0.4) is 0 Å². The summed E-state index contributed by atoms with van der Waals surface area (Å²) in [6, 6.07) is 17.7. The Labute approximate surface area is 241 Å². The number of methoxy groups -OCH3 is 1. The van der Waals surface area contributed by atoms with Gasteiger partial charge in [-0.25, -0.2) is 4.79 Å². The smallest absolute Gasteiger partial charge is 0.404 e. The molecular formula is C29H28Cl2N4O5. The SMILES string of the molecule is COc1cccc(C(=O)N2CCC(OC(N)=O)CC2)c1NC1(Cc2cccc(Cl)c2)C(=O)Nc2cc(Cl)ccc21. The quantitative estimate of drug-likeness (QED) is 0.351. The highest BCUT2D eigenvalue weighted by molar-refractivity contribution is 6.31. The van der Waals surface area contributed by atoms with Crippen LogP contribution < -0.4 is 21.1 Å². The van der Waals surface area contributed by atoms with Crippen LogP contribution in [0.15, 0.2) is 60.7 Å². The average molecular weight is 583 g/mol. The number of rotatable bonds is 7. The van der Waals surface area contributed by atoms with Crippen LogP contribution >= 0.6 is 23.2 Å². The number of hydrogen-bond donors (Lipinski definition) is 3. The standard InChI is InChI=1S/C29H28Cl2N4O5/c1-39-24-7-3-6-21(26(36)35-12-10-20(11-13-35)40-28(32)38)25(24)34-29(16-17-4-2-5-18(30)14-17)22-9-8-19(31)15-23(22)33-27(29)37/h2-9,14-15,20,34H,10-13,16H2,1H3,(H2,32,38)(H,33,37). The van der Waals surface area contributed by atoms with Crippen LogP contribution in [0.4, 0.5) is 16.2 Å². The van der Waals surface area contributed by atoms with E-state index in [1.165, 1.54) is 7.11 Å². The van der Waals surface area contributed by atoms with Gasteiger partial charge < -0.3 is 30.7 Å². The number of anilines is 2. The molecule has 3 aromatic rings. The molecule has 4 N–H and O–H groups in total. The largest absolute Gasteiger partial charge is 0.495 e. The van der Waals surface area contributed by atoms with Gasteiger partial charge in [0.1, 0.15) is 17.4 Å². The lowest BCUT2D eigenvalue weighted by molar-refractivity contribution is -0.119. The first kappa shape index (κ1) is 27.6. The molecule has 1 atom stereocenters. The molecule has 2 aliphatic heterocycles. The highest BCUT2D eigenvalue weighted by Gasteiger charge is 2.48. The van der Waals surface area contributed by atoms with E-state index in [1.807, 2.05) is 12.1 Å². The summed E-state index contributed by atoms with van der Waals surface area (Å²) < 4.78 is 10.8. The molecular weight excluding hydrogens is 555 g/mol. The van der Waals surface area contributed by atoms with E-state index < -0.39 is 11.6 Å². The van der Waals surface area contributed by atoms with Crippen molar-refractivity contribution in [1.82, 2.24) is 4.90 Å². The zero-order valence-electron chi connectivity index (χ0n) is 21.7. The molecule has 1 saturated heterocycles. The summed E-state index contributed by atoms with van der Waals surface area (Å²) >= 11 is 12.5. The van der Waals surface area contributed by atoms with Crippen molar-refractivity contribution >= 4 is 52.5 Å². The van der Waals surface area contributed by atoms with E-state index in [2.05, 4.69) is 10.6 Å². The number of nitrogens with zero attached hydrogens (tertiary/aromatic N) is 1. The third-order valence-electron chi connectivity index (χ3n) is 7.26. The van der Waals surface area contributed by atoms with E-state index >= 15 is 0 Å². The first-order chi connectivity index (χ1) is 19.2. The molecule has 3 amide bonds. The predicted octanol–water partition coefficient (Wildman–Crippen LogP) is 5.20. The maximum atomic E-state index is 13.8. The molecule has 0 saturated carbocycles. The fourth-order valence-corrected chi connectivity index (χ4v) is 5.76. The Hall–Kier alpha value is -3.95. The molecule has 2 heterocycles. The van der Waals surface area contributed by atoms with Crippen LogP contribution in [0.5, 0.6) is 5.75 Å². The van der Waals surface area contributed by atoms with E-state index in [4.69, 9.17) is 38.4 Å². The normalized spacial score (nSPS) is 18.6. The number of nitrogens with one attached hydrogen (secondary N) is 2. The predicted molar refractivity (Wildman–Crippen MR) is 153 cm³/mol. The van der Waals surface area contributed by atoms with Crippen molar-refractivity contribution in [1.29, 1.82) is 0 Å². The fraction of sp³-hybridized carbons (Fsp3) is 0.276. The number of amides is 3. The number of halogens is 2. The third-order valence-corrected chi connectivity index (χ3v) is 7.73. The Morgan fingerprint density at radius 3 is 2.50 bits per heavy atom. The number of nitrogens with two attached hydrogens (primary N) is 1. The molecule has 3 aromatic carbocycles. The molecule has 40 heavy (non-hydrogen) atoms. The second-order valence-electron chi connectivity index (χ2n) is 9.79. The molecule has 1 fully saturated rings. The Bertz CT molecular complexity index is 1470. The zero-order valence-corrected chi connectivity index (χ0v) is 23.2. The number of para-hydroxylation sites is 1. The number of benzene rings is 3. The molecule has 2 aliphatic rings. The molecule has 208 valence electrons. The number of hydrogen-bond acceptors (Lipinski definition) is 6. The topological polar surface area (TPSA) is 123 Å². The van der Waals surface area contributed by atoms with Crippen molar-refractivity contribution in [2.45, 2.75) is 30.9 Å². The maximum Gasteiger partial charge on any atom is 0.404 e. The minimum Gasteiger partial charge on any atom is -0.495 e. The van der Waals surface area contributed by atoms with Crippen LogP contribution in [0.1, 0.15) is 34.3 Å². The molecule has 1 unspecified atom stereocenters. The van der Waals surface area contributed by atoms with Gasteiger partial charge in [-0.3, -0.25) is 9.59 Å². The third kappa shape index (κ3) is 5.39. The summed E-state index contributed by atoms with van der Waals surface area (Å²) in [6.07, 6.45) is 0.00414. The molecule has 0 spiro atoms. The lowest BCUT2D eigenvalue weighted by atomic mass is 9.84. The van der Waals surface area contributed by atoms with Gasteiger partial charge in [-0.1, -0.05) is 47.5 Å². The Kier molecular flexibility index (Phi) is 7.78. The van der Waals surface area contributed by atoms with Gasteiger partial charge in [0.25, 0.3) is 11.8 Å². The first-order valence-electron chi connectivity index (χ1n) is 12.8. The molecule has 9 nitrogen and oxygen atoms in total. The molecule has 0 bridgehead atoms. The monoisotopic (exact) mass is 582 g/mol. The lowest BCUT2D eigenvalue weighted by Gasteiger charge is -2.34. The molecule has 0 aromatic heterocycles. The van der Waals surface area contributed by atoms with Gasteiger partial charge in [0.15, 0.2) is 0 Å². The number of carbonyl (C=O) groups is 3. The van der Waals surface area contributed by atoms with E-state index in [-0.39, 0.29) is 24.3 Å². The fourth-order valence-electron chi connectivity index (χ4n) is 5.37. The highest BCUT2D eigenvalue weighted by atomic mass is 35.5. The Morgan fingerprint density at radius 1 is 1.07 bits per heavy atom. The van der Waals surface area contributed by atoms with Crippen LogP contribution in [0.25, 0.3) is 0 Å². The summed E-state index contributed by atoms with van der Waals surface area (Å²) in [6.45, 7) is 0.756. The van der Waals surface area contributed by atoms with Crippen molar-refractivity contribution in [3.05, 3.63) is 87.4 Å². The molecule has 0 aliphatic carbocycles. The molecule has 11 heteroatoms. The highest BCUT2D eigenvalue weighted by Crippen LogP contribution is 2.45. The number of ether oxygens (including phenoxy) is 2. The van der Waals surface area contributed by atoms with Gasteiger partial charge in [0.2, 0.25) is 0 Å². The van der Waals surface area contributed by atoms with Gasteiger partial charge in [0, 0.05) is 53.6 Å². The minimum absolute atomic E-state index is 0.232. The summed E-state index contributed by atoms with van der Waals surface area (Å²) in [5.74, 6) is -0.150. The Morgan fingerprint density at radius 2 is 1.80 bits per heavy atom. The summed E-state index contributed by atoms with van der Waals surface area (Å²) in [4.78, 5) is 40.5. The van der Waals surface area contributed by atoms with Gasteiger partial charge in [-0.2, -0.15) is 0 Å². The second kappa shape index (κ2) is 11.3. The van der Waals surface area contributed by atoms with E-state index in [1.54, 1.807) is 53.4 Å². The molecule has 0 radical (unpaired) electrons. The van der Waals surface area contributed by atoms with Crippen LogP contribution in [0, 0.1) is 0 Å². The van der Waals surface area contributed by atoms with Crippen molar-refractivity contribution in [2.24, 2.45) is 5.73 Å². The van der Waals surface area contributed by atoms with Crippen LogP contribution in [-0.2, 0) is 21.5 Å². The lowest BCUT2D eigenvalue weighted by Crippen LogP contribution is -2.45. The number of likely N-dealkylation sites (tertiary alicyclic amines) is 1. The summed E-state index contributed by atoms with van der Waals surface area (Å²) in [7, 11) is 1.51. The van der Waals surface area contributed by atoms with Crippen molar-refractivity contribution in [2.75, 3.05) is 30.8 Å². The zero-order chi connectivity index (χ0) is 28.4. The Balaban J connectivity index is 1.55. The van der Waals surface area contributed by atoms with Crippen LogP contribution in [0.2, 0.25) is 10.0 Å². The minimum atomic E-state index is -1.31. The summed E-state index contributed by atoms with van der Waals surface area (Å²) in [5.41, 5.74) is 6.64. The summed E-state index contributed by atoms with van der Waals surface area (Å²) in [5, 5.41) is 7.40. The van der Waals surface area contributed by atoms with Crippen molar-refractivity contribution in [3.8, 4) is 5.75 Å². The van der Waals surface area contributed by atoms with Gasteiger partial charge in [-0.05, 0) is 42.0 Å². The van der Waals surface area contributed by atoms with Gasteiger partial charge in [-0.15, -0.1) is 0 Å². The number of fused-ring (bicyclic) bond motifs is 1. The van der Waals surface area contributed by atoms with E-state index in [0.717, 1.165) is 5.56 Å². The number of carbonyl (C=O) groups excluding carboxylic acids is 3. The maximum absolute atomic E-state index is 13.8. The van der Waals surface area contributed by atoms with E-state index in [9.17, 15) is 14.4 Å². The van der Waals surface area contributed by atoms with Gasteiger partial charge >= 0.3 is 6.09 Å². The van der Waals surface area contributed by atoms with Crippen LogP contribution in [-0.4, -0.2) is 49.1 Å². The first-order valence-corrected chi connectivity index (χ1v) is 13.5. The van der Waals surface area contributed by atoms with E-state index in [0.29, 0.717) is 64.2 Å². The van der Waals surface area contributed by atoms with Gasteiger partial charge in [0.05, 0.1) is 18.4 Å². The van der Waals surface area contributed by atoms with Crippen molar-refractivity contribution in [3.63, 3.8) is 0 Å². The second-order valence-corrected chi connectivity index (χ2v) is 10.7. The number of piperidine rings is 1.